The van der Waals surface area contributed by atoms with Crippen LogP contribution in [0.3, 0.4) is 0 Å². The minimum atomic E-state index is -1.13. The van der Waals surface area contributed by atoms with Gasteiger partial charge in [0, 0.05) is 0 Å². The van der Waals surface area contributed by atoms with E-state index in [4.69, 9.17) is 15.8 Å². The fraction of sp³-hybridized carbons (Fsp3) is 0.571. The second-order valence-corrected chi connectivity index (χ2v) is 1.70. The SMILES string of the molecule is N#CCOC(OCC#N)OCC#N. The lowest BCUT2D eigenvalue weighted by atomic mass is 10.8. The van der Waals surface area contributed by atoms with Gasteiger partial charge < -0.3 is 14.2 Å². The maximum atomic E-state index is 8.15. The molecule has 0 aromatic carbocycles. The molecule has 0 N–H and O–H groups in total. The smallest absolute Gasteiger partial charge is 0.274 e. The number of hydrogen-bond acceptors (Lipinski definition) is 6. The number of rotatable bonds is 6. The molecule has 0 saturated carbocycles. The summed E-state index contributed by atoms with van der Waals surface area (Å²) in [7, 11) is 0. The van der Waals surface area contributed by atoms with E-state index in [2.05, 4.69) is 14.2 Å². The van der Waals surface area contributed by atoms with Crippen LogP contribution in [0.4, 0.5) is 0 Å². The molecule has 0 bridgehead atoms. The van der Waals surface area contributed by atoms with Gasteiger partial charge in [-0.25, -0.2) is 0 Å². The van der Waals surface area contributed by atoms with Crippen LogP contribution in [0.2, 0.25) is 0 Å². The largest absolute Gasteiger partial charge is 0.315 e. The molecule has 0 spiro atoms. The van der Waals surface area contributed by atoms with E-state index < -0.39 is 6.48 Å². The predicted molar refractivity (Wildman–Crippen MR) is 38.5 cm³/mol. The second kappa shape index (κ2) is 8.45. The fourth-order valence-electron chi connectivity index (χ4n) is 0.460. The zero-order chi connectivity index (χ0) is 9.94. The van der Waals surface area contributed by atoms with Gasteiger partial charge in [0.2, 0.25) is 0 Å². The molecule has 0 aliphatic rings. The predicted octanol–water partition coefficient (Wildman–Crippen LogP) is -0.109. The van der Waals surface area contributed by atoms with Crippen LogP contribution in [0.25, 0.3) is 0 Å². The first kappa shape index (κ1) is 11.4. The third kappa shape index (κ3) is 6.74. The lowest BCUT2D eigenvalue weighted by Gasteiger charge is -2.13. The molecule has 0 aliphatic carbocycles. The Morgan fingerprint density at radius 2 is 1.08 bits per heavy atom. The minimum absolute atomic E-state index is 0.221. The quantitative estimate of drug-likeness (QED) is 0.530. The first-order valence-corrected chi connectivity index (χ1v) is 3.30. The van der Waals surface area contributed by atoms with E-state index in [1.807, 2.05) is 0 Å². The van der Waals surface area contributed by atoms with E-state index in [1.165, 1.54) is 0 Å². The summed E-state index contributed by atoms with van der Waals surface area (Å²) in [5.74, 6) is 0. The summed E-state index contributed by atoms with van der Waals surface area (Å²) in [5.41, 5.74) is 0. The summed E-state index contributed by atoms with van der Waals surface area (Å²) < 4.78 is 14.1. The Hall–Kier alpha value is -1.65. The summed E-state index contributed by atoms with van der Waals surface area (Å²) in [6, 6.07) is 5.11. The summed E-state index contributed by atoms with van der Waals surface area (Å²) in [6.45, 7) is -1.79. The normalized spacial score (nSPS) is 8.77. The molecular weight excluding hydrogens is 174 g/mol. The third-order valence-electron chi connectivity index (χ3n) is 0.852. The molecule has 13 heavy (non-hydrogen) atoms. The minimum Gasteiger partial charge on any atom is -0.315 e. The average Bonchev–Trinajstić information content (AvgIpc) is 2.17. The Balaban J connectivity index is 3.70. The summed E-state index contributed by atoms with van der Waals surface area (Å²) in [4.78, 5) is 0. The van der Waals surface area contributed by atoms with Crippen molar-refractivity contribution in [3.63, 3.8) is 0 Å². The Bertz CT molecular complexity index is 204. The third-order valence-corrected chi connectivity index (χ3v) is 0.852. The molecule has 0 aromatic rings. The van der Waals surface area contributed by atoms with Crippen LogP contribution in [0.1, 0.15) is 0 Å². The molecule has 0 saturated heterocycles. The maximum Gasteiger partial charge on any atom is 0.274 e. The van der Waals surface area contributed by atoms with E-state index in [9.17, 15) is 0 Å². The Morgan fingerprint density at radius 1 is 0.769 bits per heavy atom. The van der Waals surface area contributed by atoms with E-state index >= 15 is 0 Å². The van der Waals surface area contributed by atoms with Crippen molar-refractivity contribution in [2.24, 2.45) is 0 Å². The van der Waals surface area contributed by atoms with E-state index in [0.29, 0.717) is 0 Å². The Kier molecular flexibility index (Phi) is 7.37. The van der Waals surface area contributed by atoms with Crippen molar-refractivity contribution in [1.82, 2.24) is 0 Å². The zero-order valence-corrected chi connectivity index (χ0v) is 6.77. The lowest BCUT2D eigenvalue weighted by molar-refractivity contribution is -0.272. The van der Waals surface area contributed by atoms with Crippen LogP contribution in [0, 0.1) is 34.0 Å². The second-order valence-electron chi connectivity index (χ2n) is 1.70. The van der Waals surface area contributed by atoms with Crippen LogP contribution in [0.15, 0.2) is 0 Å². The van der Waals surface area contributed by atoms with Gasteiger partial charge in [-0.2, -0.15) is 15.8 Å². The van der Waals surface area contributed by atoms with Gasteiger partial charge in [0.15, 0.2) is 0 Å². The first-order valence-electron chi connectivity index (χ1n) is 3.30. The molecule has 6 nitrogen and oxygen atoms in total. The monoisotopic (exact) mass is 181 g/mol. The van der Waals surface area contributed by atoms with Gasteiger partial charge in [0.05, 0.1) is 18.2 Å². The van der Waals surface area contributed by atoms with Crippen LogP contribution >= 0.6 is 0 Å². The number of ether oxygens (including phenoxy) is 3. The summed E-state index contributed by atoms with van der Waals surface area (Å²) in [6.07, 6.45) is 0. The topological polar surface area (TPSA) is 99.1 Å². The zero-order valence-electron chi connectivity index (χ0n) is 6.77. The summed E-state index contributed by atoms with van der Waals surface area (Å²) in [5, 5.41) is 24.4. The van der Waals surface area contributed by atoms with E-state index in [-0.39, 0.29) is 19.8 Å². The molecule has 0 radical (unpaired) electrons. The van der Waals surface area contributed by atoms with Gasteiger partial charge in [-0.15, -0.1) is 0 Å². The van der Waals surface area contributed by atoms with Crippen molar-refractivity contribution >= 4 is 0 Å². The van der Waals surface area contributed by atoms with Crippen molar-refractivity contribution < 1.29 is 14.2 Å². The molecule has 0 rings (SSSR count). The fourth-order valence-corrected chi connectivity index (χ4v) is 0.460. The standard InChI is InChI=1S/C7H7N3O3/c8-1-4-11-7(12-5-2-9)13-6-3-10/h7H,4-6H2. The van der Waals surface area contributed by atoms with Crippen LogP contribution < -0.4 is 0 Å². The van der Waals surface area contributed by atoms with Gasteiger partial charge in [0.25, 0.3) is 6.48 Å². The van der Waals surface area contributed by atoms with Gasteiger partial charge in [-0.1, -0.05) is 0 Å². The van der Waals surface area contributed by atoms with Crippen molar-refractivity contribution in [2.45, 2.75) is 6.48 Å². The van der Waals surface area contributed by atoms with Gasteiger partial charge in [-0.05, 0) is 0 Å². The number of nitriles is 3. The molecule has 0 amide bonds. The Labute approximate surface area is 75.4 Å². The Morgan fingerprint density at radius 3 is 1.31 bits per heavy atom. The highest BCUT2D eigenvalue weighted by atomic mass is 16.8. The highest BCUT2D eigenvalue weighted by Crippen LogP contribution is 1.96. The maximum absolute atomic E-state index is 8.15. The van der Waals surface area contributed by atoms with Crippen molar-refractivity contribution in [1.29, 1.82) is 15.8 Å². The molecule has 0 heterocycles. The van der Waals surface area contributed by atoms with E-state index in [1.54, 1.807) is 18.2 Å². The number of nitrogens with zero attached hydrogens (tertiary/aromatic N) is 3. The molecular formula is C7H7N3O3. The molecule has 0 fully saturated rings. The van der Waals surface area contributed by atoms with Crippen LogP contribution in [-0.4, -0.2) is 26.3 Å². The van der Waals surface area contributed by atoms with Crippen LogP contribution in [0.5, 0.6) is 0 Å². The molecule has 0 aromatic heterocycles. The average molecular weight is 181 g/mol. The number of hydrogen-bond donors (Lipinski definition) is 0. The van der Waals surface area contributed by atoms with Gasteiger partial charge in [0.1, 0.15) is 19.8 Å². The van der Waals surface area contributed by atoms with Crippen molar-refractivity contribution in [3.05, 3.63) is 0 Å². The molecule has 0 atom stereocenters. The molecule has 6 heteroatoms. The highest BCUT2D eigenvalue weighted by Gasteiger charge is 2.08. The molecule has 0 aliphatic heterocycles. The van der Waals surface area contributed by atoms with Gasteiger partial charge >= 0.3 is 0 Å². The molecule has 0 unspecified atom stereocenters. The summed E-state index contributed by atoms with van der Waals surface area (Å²) >= 11 is 0. The van der Waals surface area contributed by atoms with Crippen molar-refractivity contribution in [3.8, 4) is 18.2 Å². The lowest BCUT2D eigenvalue weighted by Crippen LogP contribution is -2.21. The first-order chi connectivity index (χ1) is 6.35. The van der Waals surface area contributed by atoms with E-state index in [0.717, 1.165) is 0 Å². The molecule has 68 valence electrons. The van der Waals surface area contributed by atoms with Crippen molar-refractivity contribution in [2.75, 3.05) is 19.8 Å². The highest BCUT2D eigenvalue weighted by molar-refractivity contribution is 4.70. The van der Waals surface area contributed by atoms with Gasteiger partial charge in [-0.3, -0.25) is 0 Å². The van der Waals surface area contributed by atoms with Crippen LogP contribution in [-0.2, 0) is 14.2 Å².